The van der Waals surface area contributed by atoms with Crippen molar-refractivity contribution in [3.63, 3.8) is 0 Å². The number of imide groups is 2. The van der Waals surface area contributed by atoms with Crippen LogP contribution < -0.4 is 20.3 Å². The Labute approximate surface area is 328 Å². The predicted octanol–water partition coefficient (Wildman–Crippen LogP) is 4.07. The molecular formula is C41H44N10O6. The Kier molecular flexibility index (Phi) is 9.43. The Bertz CT molecular complexity index is 2420. The topological polar surface area (TPSA) is 176 Å². The molecule has 294 valence electrons. The van der Waals surface area contributed by atoms with Gasteiger partial charge in [0.2, 0.25) is 11.8 Å². The fraction of sp³-hybridized carbons (Fsp3) is 0.415. The summed E-state index contributed by atoms with van der Waals surface area (Å²) in [6.07, 6.45) is 11.1. The maximum atomic E-state index is 13.4. The van der Waals surface area contributed by atoms with Crippen LogP contribution in [0.25, 0.3) is 16.6 Å². The molecule has 0 radical (unpaired) electrons. The highest BCUT2D eigenvalue weighted by atomic mass is 16.5. The van der Waals surface area contributed by atoms with Crippen molar-refractivity contribution in [2.45, 2.75) is 70.6 Å². The second-order valence-corrected chi connectivity index (χ2v) is 15.7. The lowest BCUT2D eigenvalue weighted by Crippen LogP contribution is -2.54. The second kappa shape index (κ2) is 14.7. The fourth-order valence-electron chi connectivity index (χ4n) is 8.65. The SMILES string of the molecule is CC(C)Oc1cc2nn(C3CCN(CC4CCN(c5ccc6c(c5)C(=O)N(C5CCC(=O)NC5=O)C6=O)CC4)CC3)cc2cc1NC(=O)c1cnn2cccnc12. The zero-order valence-electron chi connectivity index (χ0n) is 31.9. The van der Waals surface area contributed by atoms with Gasteiger partial charge in [-0.25, -0.2) is 9.50 Å². The minimum Gasteiger partial charge on any atom is -0.489 e. The lowest BCUT2D eigenvalue weighted by atomic mass is 9.94. The highest BCUT2D eigenvalue weighted by Crippen LogP contribution is 2.35. The van der Waals surface area contributed by atoms with Gasteiger partial charge in [0, 0.05) is 74.9 Å². The van der Waals surface area contributed by atoms with Gasteiger partial charge >= 0.3 is 0 Å². The van der Waals surface area contributed by atoms with Gasteiger partial charge in [-0.3, -0.25) is 38.9 Å². The van der Waals surface area contributed by atoms with Crippen molar-refractivity contribution < 1.29 is 28.7 Å². The number of ether oxygens (including phenoxy) is 1. The average molecular weight is 773 g/mol. The highest BCUT2D eigenvalue weighted by molar-refractivity contribution is 6.23. The zero-order chi connectivity index (χ0) is 39.4. The number of hydrogen-bond donors (Lipinski definition) is 2. The molecule has 0 saturated carbocycles. The summed E-state index contributed by atoms with van der Waals surface area (Å²) in [6.45, 7) is 8.57. The summed E-state index contributed by atoms with van der Waals surface area (Å²) in [7, 11) is 0. The van der Waals surface area contributed by atoms with E-state index in [-0.39, 0.29) is 30.9 Å². The van der Waals surface area contributed by atoms with E-state index in [1.54, 1.807) is 35.1 Å². The molecular weight excluding hydrogens is 729 g/mol. The van der Waals surface area contributed by atoms with Crippen LogP contribution in [0.4, 0.5) is 11.4 Å². The molecule has 2 N–H and O–H groups in total. The van der Waals surface area contributed by atoms with Crippen molar-refractivity contribution in [3.8, 4) is 5.75 Å². The second-order valence-electron chi connectivity index (χ2n) is 15.7. The quantitative estimate of drug-likeness (QED) is 0.207. The Hall–Kier alpha value is -6.16. The number of nitrogens with one attached hydrogen (secondary N) is 2. The third-order valence-corrected chi connectivity index (χ3v) is 11.6. The molecule has 1 unspecified atom stereocenters. The summed E-state index contributed by atoms with van der Waals surface area (Å²) in [4.78, 5) is 74.1. The molecule has 7 heterocycles. The molecule has 3 fully saturated rings. The number of rotatable bonds is 9. The van der Waals surface area contributed by atoms with Gasteiger partial charge in [0.15, 0.2) is 5.65 Å². The van der Waals surface area contributed by atoms with E-state index in [1.807, 2.05) is 32.0 Å². The zero-order valence-corrected chi connectivity index (χ0v) is 31.9. The van der Waals surface area contributed by atoms with Crippen molar-refractivity contribution in [2.75, 3.05) is 42.9 Å². The van der Waals surface area contributed by atoms with Crippen molar-refractivity contribution in [1.82, 2.24) is 39.5 Å². The number of amides is 5. The Morgan fingerprint density at radius 3 is 2.53 bits per heavy atom. The molecule has 5 amide bonds. The first-order valence-corrected chi connectivity index (χ1v) is 19.7. The van der Waals surface area contributed by atoms with Crippen LogP contribution in [0.2, 0.25) is 0 Å². The first-order chi connectivity index (χ1) is 27.6. The molecule has 57 heavy (non-hydrogen) atoms. The minimum atomic E-state index is -0.973. The molecule has 9 rings (SSSR count). The number of carbonyl (C=O) groups excluding carboxylic acids is 5. The van der Waals surface area contributed by atoms with E-state index in [9.17, 15) is 24.0 Å². The van der Waals surface area contributed by atoms with Crippen LogP contribution >= 0.6 is 0 Å². The van der Waals surface area contributed by atoms with Crippen molar-refractivity contribution in [2.24, 2.45) is 5.92 Å². The standard InChI is InChI=1S/C41H44N10O6/c1-24(2)57-35-20-32-26(18-33(35)44-38(53)31-21-43-49-13-3-12-42-37(31)49)23-50(46-32)27-10-14-47(15-11-27)22-25-8-16-48(17-9-25)28-4-5-29-30(19-28)41(56)51(40(29)55)34-6-7-36(52)45-39(34)54/h3-5,12-13,18-21,23-25,27,34H,6-11,14-17,22H2,1-2H3,(H,44,53)(H,45,52,54). The van der Waals surface area contributed by atoms with E-state index >= 15 is 0 Å². The largest absolute Gasteiger partial charge is 0.489 e. The average Bonchev–Trinajstić information content (AvgIpc) is 3.89. The molecule has 3 aromatic heterocycles. The summed E-state index contributed by atoms with van der Waals surface area (Å²) >= 11 is 0. The normalized spacial score (nSPS) is 19.9. The van der Waals surface area contributed by atoms with E-state index in [2.05, 4.69) is 41.4 Å². The summed E-state index contributed by atoms with van der Waals surface area (Å²) in [5.41, 5.74) is 3.72. The predicted molar refractivity (Wildman–Crippen MR) is 209 cm³/mol. The maximum Gasteiger partial charge on any atom is 0.262 e. The molecule has 0 aliphatic carbocycles. The Balaban J connectivity index is 0.798. The first-order valence-electron chi connectivity index (χ1n) is 19.7. The van der Waals surface area contributed by atoms with E-state index in [1.165, 1.54) is 6.20 Å². The number of anilines is 2. The van der Waals surface area contributed by atoms with Crippen LogP contribution in [0.1, 0.15) is 89.5 Å². The third-order valence-electron chi connectivity index (χ3n) is 11.6. The van der Waals surface area contributed by atoms with Crippen LogP contribution in [0.5, 0.6) is 5.75 Å². The Morgan fingerprint density at radius 2 is 1.75 bits per heavy atom. The van der Waals surface area contributed by atoms with Crippen molar-refractivity contribution >= 4 is 57.5 Å². The molecule has 16 heteroatoms. The van der Waals surface area contributed by atoms with Gasteiger partial charge in [0.05, 0.1) is 40.7 Å². The molecule has 3 saturated heterocycles. The lowest BCUT2D eigenvalue weighted by molar-refractivity contribution is -0.136. The number of aromatic nitrogens is 5. The molecule has 5 aromatic rings. The maximum absolute atomic E-state index is 13.4. The minimum absolute atomic E-state index is 0.0921. The summed E-state index contributed by atoms with van der Waals surface area (Å²) in [6, 6.07) is 10.2. The van der Waals surface area contributed by atoms with Gasteiger partial charge in [-0.2, -0.15) is 10.2 Å². The molecule has 1 atom stereocenters. The van der Waals surface area contributed by atoms with Gasteiger partial charge in [0.1, 0.15) is 17.4 Å². The summed E-state index contributed by atoms with van der Waals surface area (Å²) in [5, 5.41) is 15.4. The molecule has 2 aromatic carbocycles. The number of likely N-dealkylation sites (tertiary alicyclic amines) is 1. The highest BCUT2D eigenvalue weighted by Gasteiger charge is 2.45. The third kappa shape index (κ3) is 6.98. The molecule has 0 spiro atoms. The van der Waals surface area contributed by atoms with Crippen molar-refractivity contribution in [3.05, 3.63) is 77.9 Å². The monoisotopic (exact) mass is 772 g/mol. The van der Waals surface area contributed by atoms with E-state index in [0.717, 1.165) is 79.9 Å². The lowest BCUT2D eigenvalue weighted by Gasteiger charge is -2.38. The van der Waals surface area contributed by atoms with E-state index < -0.39 is 29.7 Å². The number of nitrogens with zero attached hydrogens (tertiary/aromatic N) is 8. The van der Waals surface area contributed by atoms with Gasteiger partial charge in [-0.15, -0.1) is 0 Å². The van der Waals surface area contributed by atoms with Crippen LogP contribution in [-0.4, -0.2) is 109 Å². The van der Waals surface area contributed by atoms with Crippen molar-refractivity contribution in [1.29, 1.82) is 0 Å². The number of benzene rings is 2. The number of fused-ring (bicyclic) bond motifs is 3. The van der Waals surface area contributed by atoms with Crippen LogP contribution in [0, 0.1) is 5.92 Å². The van der Waals surface area contributed by atoms with Gasteiger partial charge in [0.25, 0.3) is 17.7 Å². The molecule has 16 nitrogen and oxygen atoms in total. The first kappa shape index (κ1) is 36.5. The van der Waals surface area contributed by atoms with Crippen LogP contribution in [0.3, 0.4) is 0 Å². The summed E-state index contributed by atoms with van der Waals surface area (Å²) in [5.74, 6) is -1.18. The van der Waals surface area contributed by atoms with Gasteiger partial charge in [-0.1, -0.05) is 0 Å². The van der Waals surface area contributed by atoms with E-state index in [4.69, 9.17) is 9.84 Å². The number of hydrogen-bond acceptors (Lipinski definition) is 11. The fourth-order valence-corrected chi connectivity index (χ4v) is 8.65. The van der Waals surface area contributed by atoms with Gasteiger partial charge in [-0.05, 0) is 82.2 Å². The molecule has 0 bridgehead atoms. The number of piperidine rings is 3. The van der Waals surface area contributed by atoms with Gasteiger partial charge < -0.3 is 19.9 Å². The van der Waals surface area contributed by atoms with E-state index in [0.29, 0.717) is 39.7 Å². The van der Waals surface area contributed by atoms with Crippen LogP contribution in [-0.2, 0) is 9.59 Å². The number of carbonyl (C=O) groups is 5. The smallest absolute Gasteiger partial charge is 0.262 e. The molecule has 4 aliphatic rings. The van der Waals surface area contributed by atoms with Crippen LogP contribution in [0.15, 0.2) is 61.2 Å². The molecule has 4 aliphatic heterocycles. The summed E-state index contributed by atoms with van der Waals surface area (Å²) < 4.78 is 9.77. The Morgan fingerprint density at radius 1 is 0.965 bits per heavy atom.